The van der Waals surface area contributed by atoms with E-state index in [0.29, 0.717) is 12.6 Å². The SMILES string of the molecule is CCC(COC)NCC1(O)CCSC1. The lowest BCUT2D eigenvalue weighted by Gasteiger charge is -2.25. The summed E-state index contributed by atoms with van der Waals surface area (Å²) in [5, 5.41) is 13.4. The lowest BCUT2D eigenvalue weighted by molar-refractivity contribution is 0.0588. The quantitative estimate of drug-likeness (QED) is 0.695. The number of hydrogen-bond donors (Lipinski definition) is 2. The van der Waals surface area contributed by atoms with Gasteiger partial charge in [0, 0.05) is 25.4 Å². The third-order valence-corrected chi connectivity index (χ3v) is 3.90. The van der Waals surface area contributed by atoms with Crippen molar-refractivity contribution < 1.29 is 9.84 Å². The van der Waals surface area contributed by atoms with Crippen molar-refractivity contribution in [3.8, 4) is 0 Å². The van der Waals surface area contributed by atoms with E-state index in [1.165, 1.54) is 0 Å². The van der Waals surface area contributed by atoms with Gasteiger partial charge in [-0.2, -0.15) is 11.8 Å². The largest absolute Gasteiger partial charge is 0.388 e. The van der Waals surface area contributed by atoms with Crippen LogP contribution in [0.3, 0.4) is 0 Å². The zero-order chi connectivity index (χ0) is 10.4. The Morgan fingerprint density at radius 2 is 2.43 bits per heavy atom. The summed E-state index contributed by atoms with van der Waals surface area (Å²) in [4.78, 5) is 0. The highest BCUT2D eigenvalue weighted by Crippen LogP contribution is 2.27. The van der Waals surface area contributed by atoms with Gasteiger partial charge in [-0.3, -0.25) is 0 Å². The third-order valence-electron chi connectivity index (χ3n) is 2.66. The Bertz CT molecular complexity index is 160. The molecule has 0 amide bonds. The van der Waals surface area contributed by atoms with E-state index in [4.69, 9.17) is 4.74 Å². The number of thioether (sulfide) groups is 1. The molecule has 1 heterocycles. The van der Waals surface area contributed by atoms with Crippen LogP contribution in [-0.2, 0) is 4.74 Å². The molecule has 0 saturated carbocycles. The Labute approximate surface area is 90.6 Å². The number of aliphatic hydroxyl groups is 1. The van der Waals surface area contributed by atoms with Crippen molar-refractivity contribution in [1.82, 2.24) is 5.32 Å². The molecule has 1 fully saturated rings. The van der Waals surface area contributed by atoms with E-state index in [-0.39, 0.29) is 0 Å². The summed E-state index contributed by atoms with van der Waals surface area (Å²) >= 11 is 1.83. The molecule has 2 atom stereocenters. The first-order valence-corrected chi connectivity index (χ1v) is 6.38. The number of hydrogen-bond acceptors (Lipinski definition) is 4. The van der Waals surface area contributed by atoms with Crippen LogP contribution in [0.25, 0.3) is 0 Å². The van der Waals surface area contributed by atoms with E-state index in [2.05, 4.69) is 12.2 Å². The molecule has 0 aromatic carbocycles. The molecule has 0 aromatic rings. The molecule has 0 aromatic heterocycles. The molecule has 0 aliphatic carbocycles. The van der Waals surface area contributed by atoms with Crippen LogP contribution in [0.1, 0.15) is 19.8 Å². The Balaban J connectivity index is 2.23. The Morgan fingerprint density at radius 3 is 2.93 bits per heavy atom. The molecule has 0 bridgehead atoms. The van der Waals surface area contributed by atoms with Crippen molar-refractivity contribution >= 4 is 11.8 Å². The minimum absolute atomic E-state index is 0.370. The van der Waals surface area contributed by atoms with Crippen LogP contribution in [0.5, 0.6) is 0 Å². The van der Waals surface area contributed by atoms with Crippen LogP contribution >= 0.6 is 11.8 Å². The van der Waals surface area contributed by atoms with Crippen molar-refractivity contribution in [3.05, 3.63) is 0 Å². The summed E-state index contributed by atoms with van der Waals surface area (Å²) < 4.78 is 5.09. The number of rotatable bonds is 6. The Morgan fingerprint density at radius 1 is 1.64 bits per heavy atom. The summed E-state index contributed by atoms with van der Waals surface area (Å²) in [6.07, 6.45) is 1.95. The van der Waals surface area contributed by atoms with Crippen molar-refractivity contribution in [2.24, 2.45) is 0 Å². The molecule has 0 spiro atoms. The molecule has 3 nitrogen and oxygen atoms in total. The Kier molecular flexibility index (Phi) is 5.23. The van der Waals surface area contributed by atoms with E-state index >= 15 is 0 Å². The fraction of sp³-hybridized carbons (Fsp3) is 1.00. The second-order valence-corrected chi connectivity index (χ2v) is 5.07. The summed E-state index contributed by atoms with van der Waals surface area (Å²) in [7, 11) is 1.71. The molecule has 1 saturated heterocycles. The van der Waals surface area contributed by atoms with E-state index in [1.807, 2.05) is 11.8 Å². The molecule has 0 radical (unpaired) electrons. The van der Waals surface area contributed by atoms with E-state index in [0.717, 1.165) is 31.0 Å². The minimum Gasteiger partial charge on any atom is -0.388 e. The van der Waals surface area contributed by atoms with Gasteiger partial charge >= 0.3 is 0 Å². The smallest absolute Gasteiger partial charge is 0.0869 e. The van der Waals surface area contributed by atoms with Crippen LogP contribution < -0.4 is 5.32 Å². The second kappa shape index (κ2) is 5.95. The summed E-state index contributed by atoms with van der Waals surface area (Å²) in [6, 6.07) is 0.370. The molecule has 1 aliphatic heterocycles. The average Bonchev–Trinajstić information content (AvgIpc) is 2.60. The third kappa shape index (κ3) is 3.77. The van der Waals surface area contributed by atoms with Gasteiger partial charge < -0.3 is 15.2 Å². The van der Waals surface area contributed by atoms with Crippen molar-refractivity contribution in [1.29, 1.82) is 0 Å². The zero-order valence-corrected chi connectivity index (χ0v) is 9.90. The topological polar surface area (TPSA) is 41.5 Å². The van der Waals surface area contributed by atoms with Gasteiger partial charge in [-0.05, 0) is 18.6 Å². The standard InChI is InChI=1S/C10H21NO2S/c1-3-9(6-13-2)11-7-10(12)4-5-14-8-10/h9,11-12H,3-8H2,1-2H3. The predicted octanol–water partition coefficient (Wildman–Crippen LogP) is 0.869. The minimum atomic E-state index is -0.480. The molecule has 14 heavy (non-hydrogen) atoms. The number of methoxy groups -OCH3 is 1. The second-order valence-electron chi connectivity index (χ2n) is 3.97. The summed E-state index contributed by atoms with van der Waals surface area (Å²) in [5.41, 5.74) is -0.480. The van der Waals surface area contributed by atoms with Crippen LogP contribution in [-0.4, -0.2) is 48.5 Å². The van der Waals surface area contributed by atoms with Gasteiger partial charge in [0.2, 0.25) is 0 Å². The lowest BCUT2D eigenvalue weighted by Crippen LogP contribution is -2.45. The fourth-order valence-electron chi connectivity index (χ4n) is 1.59. The van der Waals surface area contributed by atoms with E-state index in [9.17, 15) is 5.11 Å². The highest BCUT2D eigenvalue weighted by atomic mass is 32.2. The first kappa shape index (κ1) is 12.3. The van der Waals surface area contributed by atoms with E-state index < -0.39 is 5.60 Å². The molecular weight excluding hydrogens is 198 g/mol. The van der Waals surface area contributed by atoms with Crippen molar-refractivity contribution in [3.63, 3.8) is 0 Å². The molecule has 84 valence electrons. The van der Waals surface area contributed by atoms with Crippen LogP contribution in [0.15, 0.2) is 0 Å². The van der Waals surface area contributed by atoms with Crippen molar-refractivity contribution in [2.45, 2.75) is 31.4 Å². The van der Waals surface area contributed by atoms with Gasteiger partial charge in [0.1, 0.15) is 0 Å². The van der Waals surface area contributed by atoms with Gasteiger partial charge in [0.25, 0.3) is 0 Å². The monoisotopic (exact) mass is 219 g/mol. The maximum absolute atomic E-state index is 10.1. The zero-order valence-electron chi connectivity index (χ0n) is 9.08. The lowest BCUT2D eigenvalue weighted by atomic mass is 10.0. The highest BCUT2D eigenvalue weighted by Gasteiger charge is 2.31. The molecule has 4 heteroatoms. The summed E-state index contributed by atoms with van der Waals surface area (Å²) in [5.74, 6) is 1.95. The molecule has 1 aliphatic rings. The van der Waals surface area contributed by atoms with Crippen LogP contribution in [0, 0.1) is 0 Å². The normalized spacial score (nSPS) is 29.4. The molecule has 2 N–H and O–H groups in total. The van der Waals surface area contributed by atoms with Gasteiger partial charge in [0.15, 0.2) is 0 Å². The maximum atomic E-state index is 10.1. The maximum Gasteiger partial charge on any atom is 0.0869 e. The molecule has 1 rings (SSSR count). The van der Waals surface area contributed by atoms with Crippen molar-refractivity contribution in [2.75, 3.05) is 31.8 Å². The van der Waals surface area contributed by atoms with Gasteiger partial charge in [-0.1, -0.05) is 6.92 Å². The summed E-state index contributed by atoms with van der Waals surface area (Å²) in [6.45, 7) is 3.55. The van der Waals surface area contributed by atoms with Gasteiger partial charge in [0.05, 0.1) is 12.2 Å². The van der Waals surface area contributed by atoms with Crippen LogP contribution in [0.2, 0.25) is 0 Å². The van der Waals surface area contributed by atoms with Gasteiger partial charge in [-0.15, -0.1) is 0 Å². The first-order chi connectivity index (χ1) is 6.70. The van der Waals surface area contributed by atoms with Gasteiger partial charge in [-0.25, -0.2) is 0 Å². The number of ether oxygens (including phenoxy) is 1. The van der Waals surface area contributed by atoms with E-state index in [1.54, 1.807) is 7.11 Å². The van der Waals surface area contributed by atoms with Crippen LogP contribution in [0.4, 0.5) is 0 Å². The molecule has 2 unspecified atom stereocenters. The average molecular weight is 219 g/mol. The Hall–Kier alpha value is 0.230. The fourth-order valence-corrected chi connectivity index (χ4v) is 2.89. The number of nitrogens with one attached hydrogen (secondary N) is 1. The highest BCUT2D eigenvalue weighted by molar-refractivity contribution is 7.99. The predicted molar refractivity (Wildman–Crippen MR) is 60.8 cm³/mol. The first-order valence-electron chi connectivity index (χ1n) is 5.22. The molecular formula is C10H21NO2S.